The normalized spacial score (nSPS) is 10.5. The molecule has 0 fully saturated rings. The largest absolute Gasteiger partial charge is 0.492 e. The molecule has 1 heterocycles. The molecule has 0 atom stereocenters. The van der Waals surface area contributed by atoms with Crippen molar-refractivity contribution in [3.05, 3.63) is 78.8 Å². The van der Waals surface area contributed by atoms with Crippen LogP contribution in [0.25, 0.3) is 11.1 Å². The third-order valence-corrected chi connectivity index (χ3v) is 3.39. The van der Waals surface area contributed by atoms with Crippen molar-refractivity contribution in [2.24, 2.45) is 0 Å². The predicted octanol–water partition coefficient (Wildman–Crippen LogP) is 4.12. The summed E-state index contributed by atoms with van der Waals surface area (Å²) in [5.74, 6) is 1.83. The van der Waals surface area contributed by atoms with Crippen LogP contribution in [0.15, 0.2) is 77.4 Å². The van der Waals surface area contributed by atoms with Gasteiger partial charge in [0.2, 0.25) is 0 Å². The third-order valence-electron chi connectivity index (χ3n) is 3.39. The number of furan rings is 1. The van der Waals surface area contributed by atoms with Crippen molar-refractivity contribution in [3.63, 3.8) is 0 Å². The second kappa shape index (κ2) is 7.48. The topological polar surface area (TPSA) is 34.4 Å². The molecule has 3 rings (SSSR count). The Morgan fingerprint density at radius 3 is 2.32 bits per heavy atom. The van der Waals surface area contributed by atoms with E-state index in [1.165, 1.54) is 11.1 Å². The molecule has 0 bridgehead atoms. The van der Waals surface area contributed by atoms with Gasteiger partial charge in [-0.05, 0) is 35.4 Å². The van der Waals surface area contributed by atoms with Crippen LogP contribution in [-0.4, -0.2) is 13.2 Å². The summed E-state index contributed by atoms with van der Waals surface area (Å²) in [7, 11) is 0. The molecule has 0 unspecified atom stereocenters. The molecule has 0 aliphatic rings. The summed E-state index contributed by atoms with van der Waals surface area (Å²) in [6.45, 7) is 2.13. The van der Waals surface area contributed by atoms with Gasteiger partial charge in [-0.15, -0.1) is 0 Å². The van der Waals surface area contributed by atoms with Crippen LogP contribution >= 0.6 is 0 Å². The van der Waals surface area contributed by atoms with Gasteiger partial charge in [-0.25, -0.2) is 0 Å². The van der Waals surface area contributed by atoms with Crippen molar-refractivity contribution in [1.29, 1.82) is 0 Å². The summed E-state index contributed by atoms with van der Waals surface area (Å²) in [4.78, 5) is 0. The van der Waals surface area contributed by atoms with Crippen molar-refractivity contribution >= 4 is 0 Å². The van der Waals surface area contributed by atoms with Gasteiger partial charge in [0.15, 0.2) is 0 Å². The van der Waals surface area contributed by atoms with E-state index in [0.29, 0.717) is 6.61 Å². The summed E-state index contributed by atoms with van der Waals surface area (Å²) in [6, 6.07) is 22.4. The average Bonchev–Trinajstić information content (AvgIpc) is 3.09. The van der Waals surface area contributed by atoms with Gasteiger partial charge in [0.25, 0.3) is 0 Å². The summed E-state index contributed by atoms with van der Waals surface area (Å²) in [5, 5.41) is 3.28. The van der Waals surface area contributed by atoms with E-state index in [1.54, 1.807) is 6.26 Å². The molecule has 3 heteroatoms. The van der Waals surface area contributed by atoms with Gasteiger partial charge in [0, 0.05) is 6.54 Å². The average molecular weight is 293 g/mol. The molecule has 0 amide bonds. The van der Waals surface area contributed by atoms with E-state index >= 15 is 0 Å². The Hall–Kier alpha value is -2.52. The fraction of sp³-hybridized carbons (Fsp3) is 0.158. The van der Waals surface area contributed by atoms with Gasteiger partial charge >= 0.3 is 0 Å². The highest BCUT2D eigenvalue weighted by Crippen LogP contribution is 2.21. The Labute approximate surface area is 130 Å². The van der Waals surface area contributed by atoms with E-state index in [9.17, 15) is 0 Å². The molecular formula is C19H19NO2. The van der Waals surface area contributed by atoms with E-state index in [2.05, 4.69) is 29.6 Å². The van der Waals surface area contributed by atoms with Crippen LogP contribution in [0.2, 0.25) is 0 Å². The van der Waals surface area contributed by atoms with Crippen molar-refractivity contribution < 1.29 is 9.15 Å². The van der Waals surface area contributed by atoms with Gasteiger partial charge < -0.3 is 14.5 Å². The van der Waals surface area contributed by atoms with E-state index in [4.69, 9.17) is 9.15 Å². The maximum atomic E-state index is 5.72. The van der Waals surface area contributed by atoms with Gasteiger partial charge in [-0.1, -0.05) is 42.5 Å². The zero-order valence-electron chi connectivity index (χ0n) is 12.4. The highest BCUT2D eigenvalue weighted by atomic mass is 16.5. The molecule has 0 aliphatic carbocycles. The molecule has 3 aromatic rings. The number of nitrogens with one attached hydrogen (secondary N) is 1. The van der Waals surface area contributed by atoms with Crippen LogP contribution in [-0.2, 0) is 6.54 Å². The summed E-state index contributed by atoms with van der Waals surface area (Å²) >= 11 is 0. The van der Waals surface area contributed by atoms with Crippen molar-refractivity contribution in [2.75, 3.05) is 13.2 Å². The fourth-order valence-electron chi connectivity index (χ4n) is 2.24. The van der Waals surface area contributed by atoms with Crippen LogP contribution in [0.4, 0.5) is 0 Å². The number of hydrogen-bond donors (Lipinski definition) is 1. The van der Waals surface area contributed by atoms with Crippen LogP contribution in [0.3, 0.4) is 0 Å². The minimum Gasteiger partial charge on any atom is -0.492 e. The van der Waals surface area contributed by atoms with Gasteiger partial charge in [0.1, 0.15) is 18.1 Å². The SMILES string of the molecule is c1ccc(-c2ccc(OCCNCc3ccco3)cc2)cc1. The zero-order valence-corrected chi connectivity index (χ0v) is 12.4. The maximum Gasteiger partial charge on any atom is 0.119 e. The van der Waals surface area contributed by atoms with Crippen molar-refractivity contribution in [3.8, 4) is 16.9 Å². The van der Waals surface area contributed by atoms with Crippen LogP contribution in [0, 0.1) is 0 Å². The van der Waals surface area contributed by atoms with Crippen molar-refractivity contribution in [1.82, 2.24) is 5.32 Å². The molecule has 3 nitrogen and oxygen atoms in total. The first-order valence-corrected chi connectivity index (χ1v) is 7.43. The second-order valence-electron chi connectivity index (χ2n) is 5.00. The molecule has 0 spiro atoms. The Kier molecular flexibility index (Phi) is 4.90. The van der Waals surface area contributed by atoms with Crippen molar-refractivity contribution in [2.45, 2.75) is 6.54 Å². The Bertz CT molecular complexity index is 660. The van der Waals surface area contributed by atoms with E-state index < -0.39 is 0 Å². The molecule has 0 radical (unpaired) electrons. The standard InChI is InChI=1S/C19H19NO2/c1-2-5-16(6-3-1)17-8-10-18(11-9-17)22-14-12-20-15-19-7-4-13-21-19/h1-11,13,20H,12,14-15H2. The van der Waals surface area contributed by atoms with E-state index in [1.807, 2.05) is 42.5 Å². The lowest BCUT2D eigenvalue weighted by Gasteiger charge is -2.08. The highest BCUT2D eigenvalue weighted by molar-refractivity contribution is 5.63. The number of ether oxygens (including phenoxy) is 1. The smallest absolute Gasteiger partial charge is 0.119 e. The second-order valence-corrected chi connectivity index (χ2v) is 5.00. The Balaban J connectivity index is 1.43. The fourth-order valence-corrected chi connectivity index (χ4v) is 2.24. The lowest BCUT2D eigenvalue weighted by atomic mass is 10.1. The Morgan fingerprint density at radius 2 is 1.59 bits per heavy atom. The Morgan fingerprint density at radius 1 is 0.818 bits per heavy atom. The lowest BCUT2D eigenvalue weighted by Crippen LogP contribution is -2.20. The molecule has 0 saturated heterocycles. The number of rotatable bonds is 7. The minimum atomic E-state index is 0.630. The van der Waals surface area contributed by atoms with Crippen LogP contribution in [0.1, 0.15) is 5.76 Å². The molecule has 1 N–H and O–H groups in total. The number of hydrogen-bond acceptors (Lipinski definition) is 3. The predicted molar refractivity (Wildman–Crippen MR) is 87.8 cm³/mol. The van der Waals surface area contributed by atoms with Crippen LogP contribution < -0.4 is 10.1 Å². The van der Waals surface area contributed by atoms with Gasteiger partial charge in [-0.3, -0.25) is 0 Å². The molecule has 22 heavy (non-hydrogen) atoms. The molecule has 0 saturated carbocycles. The quantitative estimate of drug-likeness (QED) is 0.666. The summed E-state index contributed by atoms with van der Waals surface area (Å²) in [5.41, 5.74) is 2.41. The van der Waals surface area contributed by atoms with Gasteiger partial charge in [0.05, 0.1) is 12.8 Å². The first-order valence-electron chi connectivity index (χ1n) is 7.43. The van der Waals surface area contributed by atoms with E-state index in [0.717, 1.165) is 24.6 Å². The van der Waals surface area contributed by atoms with E-state index in [-0.39, 0.29) is 0 Å². The number of benzene rings is 2. The summed E-state index contributed by atoms with van der Waals surface area (Å²) < 4.78 is 11.0. The van der Waals surface area contributed by atoms with Gasteiger partial charge in [-0.2, -0.15) is 0 Å². The molecular weight excluding hydrogens is 274 g/mol. The first kappa shape index (κ1) is 14.4. The minimum absolute atomic E-state index is 0.630. The maximum absolute atomic E-state index is 5.72. The first-order chi connectivity index (χ1) is 10.9. The lowest BCUT2D eigenvalue weighted by molar-refractivity contribution is 0.311. The molecule has 112 valence electrons. The monoisotopic (exact) mass is 293 g/mol. The highest BCUT2D eigenvalue weighted by Gasteiger charge is 1.98. The molecule has 1 aromatic heterocycles. The molecule has 2 aromatic carbocycles. The van der Waals surface area contributed by atoms with Crippen LogP contribution in [0.5, 0.6) is 5.75 Å². The third kappa shape index (κ3) is 3.99. The summed E-state index contributed by atoms with van der Waals surface area (Å²) in [6.07, 6.45) is 1.68. The molecule has 0 aliphatic heterocycles. The zero-order chi connectivity index (χ0) is 15.0.